The maximum absolute atomic E-state index is 12.3. The molecular formula is C20H18I2N4O2S. The van der Waals surface area contributed by atoms with Gasteiger partial charge in [-0.25, -0.2) is 0 Å². The molecule has 0 aromatic heterocycles. The molecule has 0 bridgehead atoms. The Morgan fingerprint density at radius 2 is 1.90 bits per heavy atom. The summed E-state index contributed by atoms with van der Waals surface area (Å²) in [7, 11) is 5.61. The first-order valence-corrected chi connectivity index (χ1v) is 11.5. The summed E-state index contributed by atoms with van der Waals surface area (Å²) in [4.78, 5) is 14.9. The standard InChI is InChI=1S/C20H18I2N4O2S/c1-26(2)15-6-4-12(5-7-15)11-23-25-20-24-19(27)17(29-20)9-13-8-14(21)10-16(22)18(13)28-3/h4-11H,1-3H3,(H,24,25,27). The molecule has 3 rings (SSSR count). The van der Waals surface area contributed by atoms with Gasteiger partial charge in [-0.3, -0.25) is 10.1 Å². The van der Waals surface area contributed by atoms with Gasteiger partial charge in [0.25, 0.3) is 5.91 Å². The lowest BCUT2D eigenvalue weighted by Gasteiger charge is -2.11. The number of carbonyl (C=O) groups excluding carboxylic acids is 1. The number of nitrogens with zero attached hydrogens (tertiary/aromatic N) is 3. The van der Waals surface area contributed by atoms with Gasteiger partial charge >= 0.3 is 0 Å². The van der Waals surface area contributed by atoms with Gasteiger partial charge < -0.3 is 9.64 Å². The summed E-state index contributed by atoms with van der Waals surface area (Å²) >= 11 is 5.73. The van der Waals surface area contributed by atoms with Gasteiger partial charge in [-0.05, 0) is 92.8 Å². The minimum absolute atomic E-state index is 0.199. The van der Waals surface area contributed by atoms with Crippen molar-refractivity contribution in [3.05, 3.63) is 59.6 Å². The van der Waals surface area contributed by atoms with Crippen molar-refractivity contribution in [3.8, 4) is 5.75 Å². The van der Waals surface area contributed by atoms with Crippen LogP contribution in [0.3, 0.4) is 0 Å². The highest BCUT2D eigenvalue weighted by Crippen LogP contribution is 2.33. The molecule has 0 saturated carbocycles. The fourth-order valence-electron chi connectivity index (χ4n) is 2.53. The highest BCUT2D eigenvalue weighted by molar-refractivity contribution is 14.1. The Morgan fingerprint density at radius 1 is 1.17 bits per heavy atom. The molecule has 2 aromatic carbocycles. The molecule has 0 spiro atoms. The van der Waals surface area contributed by atoms with Gasteiger partial charge in [0, 0.05) is 28.9 Å². The van der Waals surface area contributed by atoms with Gasteiger partial charge in [0.2, 0.25) is 0 Å². The molecule has 29 heavy (non-hydrogen) atoms. The van der Waals surface area contributed by atoms with Gasteiger partial charge in [0.15, 0.2) is 5.17 Å². The number of amides is 1. The number of rotatable bonds is 5. The van der Waals surface area contributed by atoms with Crippen LogP contribution in [0.15, 0.2) is 51.5 Å². The first-order chi connectivity index (χ1) is 13.9. The number of anilines is 1. The smallest absolute Gasteiger partial charge is 0.264 e. The van der Waals surface area contributed by atoms with Crippen molar-refractivity contribution >= 4 is 86.0 Å². The Morgan fingerprint density at radius 3 is 2.55 bits per heavy atom. The third kappa shape index (κ3) is 5.72. The van der Waals surface area contributed by atoms with E-state index in [-0.39, 0.29) is 5.91 Å². The quantitative estimate of drug-likeness (QED) is 0.227. The topological polar surface area (TPSA) is 66.3 Å². The van der Waals surface area contributed by atoms with Crippen LogP contribution in [0, 0.1) is 7.14 Å². The van der Waals surface area contributed by atoms with Crippen molar-refractivity contribution in [2.45, 2.75) is 0 Å². The number of hydrogen-bond donors (Lipinski definition) is 1. The molecule has 1 heterocycles. The molecule has 0 atom stereocenters. The number of ether oxygens (including phenoxy) is 1. The fraction of sp³-hybridized carbons (Fsp3) is 0.150. The minimum atomic E-state index is -0.199. The van der Waals surface area contributed by atoms with E-state index in [2.05, 4.69) is 60.7 Å². The Balaban J connectivity index is 1.75. The van der Waals surface area contributed by atoms with Crippen LogP contribution in [-0.2, 0) is 4.79 Å². The maximum atomic E-state index is 12.3. The van der Waals surface area contributed by atoms with E-state index in [0.717, 1.165) is 29.7 Å². The molecule has 9 heteroatoms. The summed E-state index contributed by atoms with van der Waals surface area (Å²) in [6.45, 7) is 0. The number of nitrogens with one attached hydrogen (secondary N) is 1. The number of amidine groups is 1. The van der Waals surface area contributed by atoms with Gasteiger partial charge in [0.05, 0.1) is 21.8 Å². The van der Waals surface area contributed by atoms with Crippen molar-refractivity contribution in [2.24, 2.45) is 10.2 Å². The highest BCUT2D eigenvalue weighted by Gasteiger charge is 2.24. The summed E-state index contributed by atoms with van der Waals surface area (Å²) in [6.07, 6.45) is 3.47. The maximum Gasteiger partial charge on any atom is 0.264 e. The van der Waals surface area contributed by atoms with Crippen molar-refractivity contribution in [3.63, 3.8) is 0 Å². The Hall–Kier alpha value is -1.60. The van der Waals surface area contributed by atoms with Crippen LogP contribution in [0.5, 0.6) is 5.75 Å². The van der Waals surface area contributed by atoms with Crippen molar-refractivity contribution in [2.75, 3.05) is 26.1 Å². The summed E-state index contributed by atoms with van der Waals surface area (Å²) in [5.41, 5.74) is 2.90. The Labute approximate surface area is 201 Å². The van der Waals surface area contributed by atoms with E-state index in [1.54, 1.807) is 13.3 Å². The van der Waals surface area contributed by atoms with Crippen LogP contribution < -0.4 is 15.0 Å². The molecule has 2 aromatic rings. The lowest BCUT2D eigenvalue weighted by molar-refractivity contribution is -0.115. The lowest BCUT2D eigenvalue weighted by atomic mass is 10.2. The monoisotopic (exact) mass is 632 g/mol. The van der Waals surface area contributed by atoms with Crippen molar-refractivity contribution in [1.29, 1.82) is 0 Å². The van der Waals surface area contributed by atoms with Gasteiger partial charge in [0.1, 0.15) is 5.75 Å². The van der Waals surface area contributed by atoms with Gasteiger partial charge in [-0.1, -0.05) is 12.1 Å². The first kappa shape index (κ1) is 22.1. The van der Waals surface area contributed by atoms with Crippen molar-refractivity contribution < 1.29 is 9.53 Å². The van der Waals surface area contributed by atoms with Gasteiger partial charge in [-0.15, -0.1) is 5.10 Å². The molecule has 1 aliphatic heterocycles. The molecule has 0 unspecified atom stereocenters. The average molecular weight is 632 g/mol. The molecule has 1 N–H and O–H groups in total. The zero-order valence-electron chi connectivity index (χ0n) is 15.9. The van der Waals surface area contributed by atoms with E-state index in [4.69, 9.17) is 4.74 Å². The normalized spacial score (nSPS) is 16.7. The second-order valence-corrected chi connectivity index (χ2v) is 9.65. The molecule has 1 amide bonds. The number of halogens is 2. The van der Waals surface area contributed by atoms with Crippen LogP contribution in [0.1, 0.15) is 11.1 Å². The SMILES string of the molecule is COc1c(I)cc(I)cc1C=C1SC(=NN=Cc2ccc(N(C)C)cc2)NC1=O. The summed E-state index contributed by atoms with van der Waals surface area (Å²) in [5, 5.41) is 11.4. The summed E-state index contributed by atoms with van der Waals surface area (Å²) in [5.74, 6) is 0.548. The summed E-state index contributed by atoms with van der Waals surface area (Å²) < 4.78 is 7.55. The van der Waals surface area contributed by atoms with Gasteiger partial charge in [-0.2, -0.15) is 5.10 Å². The van der Waals surface area contributed by atoms with E-state index < -0.39 is 0 Å². The first-order valence-electron chi connectivity index (χ1n) is 8.49. The number of carbonyl (C=O) groups is 1. The van der Waals surface area contributed by atoms with E-state index in [0.29, 0.717) is 10.1 Å². The Bertz CT molecular complexity index is 1020. The third-order valence-corrected chi connectivity index (χ3v) is 6.27. The molecule has 0 aliphatic carbocycles. The number of methoxy groups -OCH3 is 1. The largest absolute Gasteiger partial charge is 0.495 e. The molecule has 1 fully saturated rings. The number of hydrogen-bond acceptors (Lipinski definition) is 6. The minimum Gasteiger partial charge on any atom is -0.495 e. The molecule has 1 saturated heterocycles. The lowest BCUT2D eigenvalue weighted by Crippen LogP contribution is -2.19. The van der Waals surface area contributed by atoms with E-state index in [9.17, 15) is 4.79 Å². The highest BCUT2D eigenvalue weighted by atomic mass is 127. The molecule has 0 radical (unpaired) electrons. The number of benzene rings is 2. The summed E-state index contributed by atoms with van der Waals surface area (Å²) in [6, 6.07) is 12.0. The second kappa shape index (κ2) is 9.94. The zero-order chi connectivity index (χ0) is 21.0. The molecule has 150 valence electrons. The molecule has 6 nitrogen and oxygen atoms in total. The predicted molar refractivity (Wildman–Crippen MR) is 138 cm³/mol. The fourth-order valence-corrected chi connectivity index (χ4v) is 5.41. The molecular weight excluding hydrogens is 614 g/mol. The van der Waals surface area contributed by atoms with E-state index >= 15 is 0 Å². The van der Waals surface area contributed by atoms with Crippen LogP contribution in [0.2, 0.25) is 0 Å². The zero-order valence-corrected chi connectivity index (χ0v) is 21.1. The third-order valence-electron chi connectivity index (χ3n) is 3.94. The van der Waals surface area contributed by atoms with Crippen LogP contribution in [0.25, 0.3) is 6.08 Å². The second-order valence-electron chi connectivity index (χ2n) is 6.21. The van der Waals surface area contributed by atoms with Crippen LogP contribution in [-0.4, -0.2) is 38.5 Å². The van der Waals surface area contributed by atoms with Crippen LogP contribution >= 0.6 is 56.9 Å². The molecule has 1 aliphatic rings. The van der Waals surface area contributed by atoms with E-state index in [1.165, 1.54) is 11.8 Å². The van der Waals surface area contributed by atoms with E-state index in [1.807, 2.05) is 61.5 Å². The number of thioether (sulfide) groups is 1. The Kier molecular flexibility index (Phi) is 7.57. The average Bonchev–Trinajstić information content (AvgIpc) is 3.01. The predicted octanol–water partition coefficient (Wildman–Crippen LogP) is 4.56. The van der Waals surface area contributed by atoms with Crippen LogP contribution in [0.4, 0.5) is 5.69 Å². The van der Waals surface area contributed by atoms with Crippen molar-refractivity contribution in [1.82, 2.24) is 5.32 Å².